The van der Waals surface area contributed by atoms with Gasteiger partial charge in [-0.05, 0) is 50.6 Å². The molecule has 0 bridgehead atoms. The molecule has 2 atom stereocenters. The van der Waals surface area contributed by atoms with Crippen molar-refractivity contribution in [2.45, 2.75) is 58.5 Å². The molecule has 0 aromatic carbocycles. The molecule has 2 N–H and O–H groups in total. The number of hydrogen-bond acceptors (Lipinski definition) is 4. The van der Waals surface area contributed by atoms with Crippen molar-refractivity contribution in [3.63, 3.8) is 0 Å². The van der Waals surface area contributed by atoms with E-state index in [-0.39, 0.29) is 30.7 Å². The molecule has 8 heteroatoms. The van der Waals surface area contributed by atoms with Gasteiger partial charge in [-0.1, -0.05) is 6.92 Å². The summed E-state index contributed by atoms with van der Waals surface area (Å²) in [5.74, 6) is 3.15. The maximum atomic E-state index is 12.2. The molecular weight excluding hydrogens is 349 g/mol. The Morgan fingerprint density at radius 2 is 2.17 bits per heavy atom. The molecule has 1 aromatic heterocycles. The van der Waals surface area contributed by atoms with Crippen molar-refractivity contribution < 1.29 is 4.79 Å². The number of nitrogens with zero attached hydrogens (tertiary/aromatic N) is 3. The molecule has 2 aliphatic rings. The average molecular weight is 378 g/mol. The number of piperidine rings is 1. The molecule has 1 fully saturated rings. The molecule has 0 radical (unpaired) electrons. The zero-order valence-electron chi connectivity index (χ0n) is 14.3. The topological polar surface area (TPSA) is 71.8 Å². The van der Waals surface area contributed by atoms with Crippen LogP contribution < -0.4 is 10.6 Å². The molecule has 3 rings (SSSR count). The number of amides is 1. The minimum absolute atomic E-state index is 0. The lowest BCUT2D eigenvalue weighted by atomic mass is 9.85. The first kappa shape index (κ1) is 21.2. The minimum Gasteiger partial charge on any atom is -0.349 e. The van der Waals surface area contributed by atoms with Crippen LogP contribution >= 0.6 is 24.8 Å². The van der Waals surface area contributed by atoms with Crippen molar-refractivity contribution in [3.8, 4) is 0 Å². The van der Waals surface area contributed by atoms with Gasteiger partial charge in [0.05, 0.1) is 6.54 Å². The third-order valence-corrected chi connectivity index (χ3v) is 5.03. The maximum absolute atomic E-state index is 12.2. The summed E-state index contributed by atoms with van der Waals surface area (Å²) in [5.41, 5.74) is 0. The maximum Gasteiger partial charge on any atom is 0.220 e. The monoisotopic (exact) mass is 377 g/mol. The van der Waals surface area contributed by atoms with Crippen LogP contribution in [0.25, 0.3) is 0 Å². The second-order valence-corrected chi connectivity index (χ2v) is 6.71. The smallest absolute Gasteiger partial charge is 0.220 e. The molecule has 1 saturated heterocycles. The summed E-state index contributed by atoms with van der Waals surface area (Å²) in [6.07, 6.45) is 6.44. The Labute approximate surface area is 156 Å². The van der Waals surface area contributed by atoms with Crippen LogP contribution in [-0.2, 0) is 24.3 Å². The van der Waals surface area contributed by atoms with Crippen LogP contribution in [0.5, 0.6) is 0 Å². The van der Waals surface area contributed by atoms with Gasteiger partial charge in [-0.3, -0.25) is 4.79 Å². The normalized spacial score (nSPS) is 21.0. The van der Waals surface area contributed by atoms with E-state index in [1.165, 1.54) is 25.7 Å². The molecular formula is C16H29Cl2N5O. The Morgan fingerprint density at radius 1 is 1.33 bits per heavy atom. The summed E-state index contributed by atoms with van der Waals surface area (Å²) in [6.45, 7) is 5.84. The summed E-state index contributed by atoms with van der Waals surface area (Å²) < 4.78 is 2.16. The number of fused-ring (bicyclic) bond motifs is 1. The Bertz CT molecular complexity index is 517. The average Bonchev–Trinajstić information content (AvgIpc) is 2.97. The molecule has 1 aromatic rings. The standard InChI is InChI=1S/C16H27N5O.2ClH/c1-12(13-5-4-7-17-10-13)9-16(22)18-11-15-20-19-14-6-2-3-8-21(14)15;;/h12-13,17H,2-11H2,1H3,(H,18,22);2*1H. The summed E-state index contributed by atoms with van der Waals surface area (Å²) in [6, 6.07) is 0. The Morgan fingerprint density at radius 3 is 2.92 bits per heavy atom. The van der Waals surface area contributed by atoms with E-state index in [9.17, 15) is 4.79 Å². The van der Waals surface area contributed by atoms with Crippen molar-refractivity contribution in [2.24, 2.45) is 11.8 Å². The number of aromatic nitrogens is 3. The van der Waals surface area contributed by atoms with Gasteiger partial charge in [-0.25, -0.2) is 0 Å². The fraction of sp³-hybridized carbons (Fsp3) is 0.812. The van der Waals surface area contributed by atoms with Crippen LogP contribution in [0.4, 0.5) is 0 Å². The number of hydrogen-bond donors (Lipinski definition) is 2. The lowest BCUT2D eigenvalue weighted by Crippen LogP contribution is -2.35. The third-order valence-electron chi connectivity index (χ3n) is 5.03. The van der Waals surface area contributed by atoms with E-state index in [0.717, 1.165) is 37.7 Å². The van der Waals surface area contributed by atoms with Gasteiger partial charge in [0.2, 0.25) is 5.91 Å². The van der Waals surface area contributed by atoms with E-state index in [4.69, 9.17) is 0 Å². The number of aryl methyl sites for hydroxylation is 1. The number of rotatable bonds is 5. The molecule has 0 saturated carbocycles. The fourth-order valence-corrected chi connectivity index (χ4v) is 3.57. The Kier molecular flexibility index (Phi) is 9.02. The van der Waals surface area contributed by atoms with Crippen molar-refractivity contribution in [1.82, 2.24) is 25.4 Å². The molecule has 0 aliphatic carbocycles. The van der Waals surface area contributed by atoms with E-state index in [2.05, 4.69) is 32.3 Å². The highest BCUT2D eigenvalue weighted by Crippen LogP contribution is 2.22. The lowest BCUT2D eigenvalue weighted by molar-refractivity contribution is -0.122. The second kappa shape index (κ2) is 10.2. The summed E-state index contributed by atoms with van der Waals surface area (Å²) in [7, 11) is 0. The molecule has 3 heterocycles. The quantitative estimate of drug-likeness (QED) is 0.823. The predicted molar refractivity (Wildman–Crippen MR) is 98.7 cm³/mol. The third kappa shape index (κ3) is 5.33. The number of nitrogens with one attached hydrogen (secondary N) is 2. The predicted octanol–water partition coefficient (Wildman–Crippen LogP) is 2.10. The summed E-state index contributed by atoms with van der Waals surface area (Å²) in [4.78, 5) is 12.2. The van der Waals surface area contributed by atoms with E-state index >= 15 is 0 Å². The van der Waals surface area contributed by atoms with Gasteiger partial charge in [-0.2, -0.15) is 0 Å². The first-order valence-electron chi connectivity index (χ1n) is 8.62. The minimum atomic E-state index is 0. The van der Waals surface area contributed by atoms with E-state index in [0.29, 0.717) is 24.8 Å². The van der Waals surface area contributed by atoms with Crippen LogP contribution in [0, 0.1) is 11.8 Å². The number of carbonyl (C=O) groups excluding carboxylic acids is 1. The largest absolute Gasteiger partial charge is 0.349 e. The molecule has 0 spiro atoms. The molecule has 24 heavy (non-hydrogen) atoms. The van der Waals surface area contributed by atoms with Crippen molar-refractivity contribution in [2.75, 3.05) is 13.1 Å². The van der Waals surface area contributed by atoms with Gasteiger partial charge in [0.15, 0.2) is 5.82 Å². The Hall–Kier alpha value is -0.850. The van der Waals surface area contributed by atoms with Gasteiger partial charge >= 0.3 is 0 Å². The molecule has 2 unspecified atom stereocenters. The molecule has 6 nitrogen and oxygen atoms in total. The van der Waals surface area contributed by atoms with Crippen LogP contribution in [0.3, 0.4) is 0 Å². The highest BCUT2D eigenvalue weighted by Gasteiger charge is 2.22. The van der Waals surface area contributed by atoms with Gasteiger partial charge < -0.3 is 15.2 Å². The van der Waals surface area contributed by atoms with Gasteiger partial charge in [0.1, 0.15) is 5.82 Å². The van der Waals surface area contributed by atoms with Gasteiger partial charge in [-0.15, -0.1) is 35.0 Å². The van der Waals surface area contributed by atoms with Crippen LogP contribution in [0.15, 0.2) is 0 Å². The van der Waals surface area contributed by atoms with Gasteiger partial charge in [0, 0.05) is 19.4 Å². The van der Waals surface area contributed by atoms with Crippen LogP contribution in [-0.4, -0.2) is 33.8 Å². The Balaban J connectivity index is 0.00000144. The first-order chi connectivity index (χ1) is 10.7. The van der Waals surface area contributed by atoms with E-state index in [1.807, 2.05) is 0 Å². The second-order valence-electron chi connectivity index (χ2n) is 6.71. The van der Waals surface area contributed by atoms with Crippen LogP contribution in [0.1, 0.15) is 50.7 Å². The molecule has 138 valence electrons. The fourth-order valence-electron chi connectivity index (χ4n) is 3.57. The van der Waals surface area contributed by atoms with Crippen molar-refractivity contribution in [1.29, 1.82) is 0 Å². The van der Waals surface area contributed by atoms with E-state index in [1.54, 1.807) is 0 Å². The SMILES string of the molecule is CC(CC(=O)NCc1nnc2n1CCCC2)C1CCCNC1.Cl.Cl. The molecule has 2 aliphatic heterocycles. The number of halogens is 2. The summed E-state index contributed by atoms with van der Waals surface area (Å²) >= 11 is 0. The zero-order valence-corrected chi connectivity index (χ0v) is 15.9. The van der Waals surface area contributed by atoms with E-state index < -0.39 is 0 Å². The summed E-state index contributed by atoms with van der Waals surface area (Å²) in [5, 5.41) is 14.9. The van der Waals surface area contributed by atoms with Crippen LogP contribution in [0.2, 0.25) is 0 Å². The van der Waals surface area contributed by atoms with Gasteiger partial charge in [0.25, 0.3) is 0 Å². The number of carbonyl (C=O) groups is 1. The van der Waals surface area contributed by atoms with Crippen molar-refractivity contribution in [3.05, 3.63) is 11.6 Å². The van der Waals surface area contributed by atoms with Crippen molar-refractivity contribution >= 4 is 30.7 Å². The lowest BCUT2D eigenvalue weighted by Gasteiger charge is -2.28. The highest BCUT2D eigenvalue weighted by atomic mass is 35.5. The molecule has 1 amide bonds. The zero-order chi connectivity index (χ0) is 15.4. The highest BCUT2D eigenvalue weighted by molar-refractivity contribution is 5.85. The first-order valence-corrected chi connectivity index (χ1v) is 8.62.